The van der Waals surface area contributed by atoms with Gasteiger partial charge in [-0.15, -0.1) is 0 Å². The van der Waals surface area contributed by atoms with E-state index >= 15 is 0 Å². The maximum atomic E-state index is 13.2. The molecule has 3 aromatic rings. The molecule has 8 heteroatoms. The average molecular weight is 408 g/mol. The van der Waals surface area contributed by atoms with Crippen LogP contribution in [0.4, 0.5) is 5.69 Å². The summed E-state index contributed by atoms with van der Waals surface area (Å²) >= 11 is 0. The summed E-state index contributed by atoms with van der Waals surface area (Å²) in [5.41, 5.74) is 4.25. The Morgan fingerprint density at radius 2 is 1.72 bits per heavy atom. The molecule has 1 aromatic heterocycles. The van der Waals surface area contributed by atoms with Crippen molar-refractivity contribution in [2.45, 2.75) is 11.8 Å². The van der Waals surface area contributed by atoms with Crippen molar-refractivity contribution in [2.24, 2.45) is 5.10 Å². The summed E-state index contributed by atoms with van der Waals surface area (Å²) in [6, 6.07) is 20.2. The molecule has 148 valence electrons. The van der Waals surface area contributed by atoms with Crippen LogP contribution in [-0.4, -0.2) is 32.1 Å². The van der Waals surface area contributed by atoms with Gasteiger partial charge in [0.05, 0.1) is 22.5 Å². The van der Waals surface area contributed by atoms with E-state index in [1.54, 1.807) is 66.9 Å². The number of hydrogen-bond acceptors (Lipinski definition) is 5. The van der Waals surface area contributed by atoms with Crippen molar-refractivity contribution in [1.29, 1.82) is 0 Å². The fourth-order valence-electron chi connectivity index (χ4n) is 2.54. The number of nitrogens with one attached hydrogen (secondary N) is 1. The Morgan fingerprint density at radius 3 is 2.38 bits per heavy atom. The molecular formula is C21H20N4O3S. The molecular weight excluding hydrogens is 388 g/mol. The van der Waals surface area contributed by atoms with Gasteiger partial charge in [0.15, 0.2) is 0 Å². The highest BCUT2D eigenvalue weighted by atomic mass is 32.2. The number of aromatic nitrogens is 1. The van der Waals surface area contributed by atoms with E-state index in [9.17, 15) is 13.2 Å². The number of hydrazone groups is 1. The predicted molar refractivity (Wildman–Crippen MR) is 112 cm³/mol. The van der Waals surface area contributed by atoms with E-state index in [1.807, 2.05) is 6.92 Å². The van der Waals surface area contributed by atoms with Gasteiger partial charge in [-0.2, -0.15) is 5.10 Å². The average Bonchev–Trinajstić information content (AvgIpc) is 2.73. The van der Waals surface area contributed by atoms with Crippen molar-refractivity contribution in [2.75, 3.05) is 10.8 Å². The number of carbonyl (C=O) groups excluding carboxylic acids is 1. The van der Waals surface area contributed by atoms with Gasteiger partial charge in [-0.3, -0.25) is 14.1 Å². The van der Waals surface area contributed by atoms with Crippen LogP contribution >= 0.6 is 0 Å². The summed E-state index contributed by atoms with van der Waals surface area (Å²) < 4.78 is 27.4. The molecule has 1 heterocycles. The molecule has 0 saturated carbocycles. The number of nitrogens with zero attached hydrogens (tertiary/aromatic N) is 3. The third kappa shape index (κ3) is 5.26. The Kier molecular flexibility index (Phi) is 6.36. The molecule has 0 radical (unpaired) electrons. The zero-order chi connectivity index (χ0) is 20.7. The van der Waals surface area contributed by atoms with Gasteiger partial charge in [-0.1, -0.05) is 42.0 Å². The van der Waals surface area contributed by atoms with Gasteiger partial charge in [0.1, 0.15) is 6.54 Å². The molecule has 0 bridgehead atoms. The summed E-state index contributed by atoms with van der Waals surface area (Å²) in [6.45, 7) is 1.46. The lowest BCUT2D eigenvalue weighted by Gasteiger charge is -2.23. The number of benzene rings is 2. The van der Waals surface area contributed by atoms with Crippen LogP contribution in [0.1, 0.15) is 11.3 Å². The third-order valence-electron chi connectivity index (χ3n) is 4.01. The second-order valence-electron chi connectivity index (χ2n) is 6.21. The Labute approximate surface area is 169 Å². The van der Waals surface area contributed by atoms with Crippen molar-refractivity contribution in [1.82, 2.24) is 10.4 Å². The number of carbonyl (C=O) groups is 1. The molecule has 0 aliphatic rings. The lowest BCUT2D eigenvalue weighted by Crippen LogP contribution is -2.39. The molecule has 7 nitrogen and oxygen atoms in total. The number of para-hydroxylation sites is 1. The number of hydrogen-bond donors (Lipinski definition) is 1. The first-order valence-electron chi connectivity index (χ1n) is 8.84. The molecule has 3 rings (SSSR count). The fraction of sp³-hybridized carbons (Fsp3) is 0.0952. The standard InChI is InChI=1S/C21H20N4O3S/c1-17-10-12-20(13-11-17)29(27,28)25(19-8-3-2-4-9-19)16-21(26)24-23-15-18-7-5-6-14-22-18/h2-15H,16H2,1H3,(H,24,26)/b23-15-. The van der Waals surface area contributed by atoms with E-state index in [0.717, 1.165) is 9.87 Å². The van der Waals surface area contributed by atoms with Gasteiger partial charge in [0.2, 0.25) is 0 Å². The highest BCUT2D eigenvalue weighted by Gasteiger charge is 2.27. The van der Waals surface area contributed by atoms with Gasteiger partial charge in [-0.25, -0.2) is 13.8 Å². The third-order valence-corrected chi connectivity index (χ3v) is 5.80. The van der Waals surface area contributed by atoms with Gasteiger partial charge in [0.25, 0.3) is 15.9 Å². The Hall–Kier alpha value is -3.52. The van der Waals surface area contributed by atoms with Crippen molar-refractivity contribution < 1.29 is 13.2 Å². The van der Waals surface area contributed by atoms with Gasteiger partial charge in [-0.05, 0) is 43.3 Å². The maximum absolute atomic E-state index is 13.2. The first-order chi connectivity index (χ1) is 14.0. The van der Waals surface area contributed by atoms with Crippen LogP contribution in [0, 0.1) is 6.92 Å². The lowest BCUT2D eigenvalue weighted by atomic mass is 10.2. The number of anilines is 1. The second kappa shape index (κ2) is 9.11. The zero-order valence-electron chi connectivity index (χ0n) is 15.8. The smallest absolute Gasteiger partial charge is 0.264 e. The van der Waals surface area contributed by atoms with Crippen molar-refractivity contribution >= 4 is 27.8 Å². The van der Waals surface area contributed by atoms with Crippen LogP contribution in [0.25, 0.3) is 0 Å². The predicted octanol–water partition coefficient (Wildman–Crippen LogP) is 2.74. The molecule has 0 aliphatic carbocycles. The fourth-order valence-corrected chi connectivity index (χ4v) is 3.96. The van der Waals surface area contributed by atoms with Crippen LogP contribution in [-0.2, 0) is 14.8 Å². The van der Waals surface area contributed by atoms with Crippen molar-refractivity contribution in [3.63, 3.8) is 0 Å². The maximum Gasteiger partial charge on any atom is 0.264 e. The SMILES string of the molecule is Cc1ccc(S(=O)(=O)N(CC(=O)N/N=C\c2ccccn2)c2ccccc2)cc1. The number of sulfonamides is 1. The van der Waals surface area contributed by atoms with Crippen LogP contribution in [0.3, 0.4) is 0 Å². The highest BCUT2D eigenvalue weighted by molar-refractivity contribution is 7.92. The van der Waals surface area contributed by atoms with Gasteiger partial charge >= 0.3 is 0 Å². The minimum absolute atomic E-state index is 0.108. The van der Waals surface area contributed by atoms with E-state index < -0.39 is 22.5 Å². The summed E-state index contributed by atoms with van der Waals surface area (Å²) in [7, 11) is -3.93. The molecule has 0 aliphatic heterocycles. The van der Waals surface area contributed by atoms with Crippen LogP contribution in [0.15, 0.2) is 89.0 Å². The summed E-state index contributed by atoms with van der Waals surface area (Å²) in [6.07, 6.45) is 2.99. The highest BCUT2D eigenvalue weighted by Crippen LogP contribution is 2.23. The molecule has 2 aromatic carbocycles. The van der Waals surface area contributed by atoms with E-state index in [1.165, 1.54) is 18.3 Å². The molecule has 0 unspecified atom stereocenters. The normalized spacial score (nSPS) is 11.3. The van der Waals surface area contributed by atoms with E-state index in [2.05, 4.69) is 15.5 Å². The summed E-state index contributed by atoms with van der Waals surface area (Å²) in [5, 5.41) is 3.85. The van der Waals surface area contributed by atoms with Crippen molar-refractivity contribution in [3.8, 4) is 0 Å². The first-order valence-corrected chi connectivity index (χ1v) is 10.3. The number of aryl methyl sites for hydroxylation is 1. The Morgan fingerprint density at radius 1 is 1.03 bits per heavy atom. The van der Waals surface area contributed by atoms with E-state index in [-0.39, 0.29) is 4.90 Å². The van der Waals surface area contributed by atoms with Crippen LogP contribution < -0.4 is 9.73 Å². The largest absolute Gasteiger partial charge is 0.271 e. The monoisotopic (exact) mass is 408 g/mol. The van der Waals surface area contributed by atoms with Crippen LogP contribution in [0.5, 0.6) is 0 Å². The molecule has 1 N–H and O–H groups in total. The van der Waals surface area contributed by atoms with E-state index in [0.29, 0.717) is 11.4 Å². The molecule has 1 amide bonds. The van der Waals surface area contributed by atoms with E-state index in [4.69, 9.17) is 0 Å². The quantitative estimate of drug-likeness (QED) is 0.481. The zero-order valence-corrected chi connectivity index (χ0v) is 16.6. The molecule has 0 spiro atoms. The summed E-state index contributed by atoms with van der Waals surface area (Å²) in [4.78, 5) is 16.6. The Bertz CT molecular complexity index is 1080. The topological polar surface area (TPSA) is 91.7 Å². The number of amides is 1. The number of rotatable bonds is 7. The second-order valence-corrected chi connectivity index (χ2v) is 8.07. The minimum atomic E-state index is -3.93. The Balaban J connectivity index is 1.82. The molecule has 29 heavy (non-hydrogen) atoms. The van der Waals surface area contributed by atoms with Gasteiger partial charge < -0.3 is 0 Å². The van der Waals surface area contributed by atoms with Gasteiger partial charge in [0, 0.05) is 6.20 Å². The molecule has 0 fully saturated rings. The van der Waals surface area contributed by atoms with Crippen molar-refractivity contribution in [3.05, 3.63) is 90.3 Å². The lowest BCUT2D eigenvalue weighted by molar-refractivity contribution is -0.119. The summed E-state index contributed by atoms with van der Waals surface area (Å²) in [5.74, 6) is -0.572. The van der Waals surface area contributed by atoms with Crippen LogP contribution in [0.2, 0.25) is 0 Å². The number of pyridine rings is 1. The molecule has 0 atom stereocenters. The first kappa shape index (κ1) is 20.2. The minimum Gasteiger partial charge on any atom is -0.271 e. The molecule has 0 saturated heterocycles.